The van der Waals surface area contributed by atoms with Crippen LogP contribution in [0.2, 0.25) is 5.02 Å². The minimum absolute atomic E-state index is 0.115. The molecule has 0 spiro atoms. The molecule has 0 atom stereocenters. The normalized spacial score (nSPS) is 19.9. The van der Waals surface area contributed by atoms with E-state index >= 15 is 0 Å². The number of carbonyl (C=O) groups is 1. The van der Waals surface area contributed by atoms with E-state index in [2.05, 4.69) is 23.2 Å². The molecule has 132 valence electrons. The van der Waals surface area contributed by atoms with Crippen LogP contribution in [0.3, 0.4) is 0 Å². The molecule has 1 aliphatic heterocycles. The number of amides is 2. The van der Waals surface area contributed by atoms with Crippen molar-refractivity contribution in [1.82, 2.24) is 10.2 Å². The van der Waals surface area contributed by atoms with E-state index in [1.165, 1.54) is 36.9 Å². The Morgan fingerprint density at radius 3 is 2.42 bits per heavy atom. The molecule has 2 fully saturated rings. The van der Waals surface area contributed by atoms with Crippen molar-refractivity contribution in [3.8, 4) is 0 Å². The summed E-state index contributed by atoms with van der Waals surface area (Å²) in [5.74, 6) is 0. The summed E-state index contributed by atoms with van der Waals surface area (Å²) < 4.78 is 0. The van der Waals surface area contributed by atoms with E-state index in [-0.39, 0.29) is 6.03 Å². The van der Waals surface area contributed by atoms with Gasteiger partial charge in [0.2, 0.25) is 0 Å². The lowest BCUT2D eigenvalue weighted by molar-refractivity contribution is 0.189. The number of nitrogens with zero attached hydrogens (tertiary/aromatic N) is 2. The summed E-state index contributed by atoms with van der Waals surface area (Å²) in [5, 5.41) is 4.02. The maximum Gasteiger partial charge on any atom is 0.317 e. The maximum atomic E-state index is 12.5. The van der Waals surface area contributed by atoms with Gasteiger partial charge in [-0.25, -0.2) is 4.79 Å². The Kier molecular flexibility index (Phi) is 5.88. The largest absolute Gasteiger partial charge is 0.368 e. The second-order valence-electron chi connectivity index (χ2n) is 7.04. The molecule has 0 radical (unpaired) electrons. The van der Waals surface area contributed by atoms with Crippen LogP contribution in [-0.2, 0) is 0 Å². The molecule has 2 amide bonds. The average molecular weight is 350 g/mol. The Balaban J connectivity index is 1.52. The number of hydrogen-bond donors (Lipinski definition) is 1. The highest BCUT2D eigenvalue weighted by molar-refractivity contribution is 6.30. The van der Waals surface area contributed by atoms with E-state index in [4.69, 9.17) is 11.6 Å². The third-order valence-corrected chi connectivity index (χ3v) is 5.50. The van der Waals surface area contributed by atoms with E-state index in [0.717, 1.165) is 44.0 Å². The zero-order valence-corrected chi connectivity index (χ0v) is 15.3. The van der Waals surface area contributed by atoms with Crippen molar-refractivity contribution >= 4 is 23.3 Å². The quantitative estimate of drug-likeness (QED) is 0.812. The second kappa shape index (κ2) is 8.11. The zero-order chi connectivity index (χ0) is 16.9. The summed E-state index contributed by atoms with van der Waals surface area (Å²) in [7, 11) is 0. The van der Waals surface area contributed by atoms with Crippen LogP contribution in [-0.4, -0.2) is 43.2 Å². The topological polar surface area (TPSA) is 35.6 Å². The highest BCUT2D eigenvalue weighted by atomic mass is 35.5. The number of piperazine rings is 1. The predicted molar refractivity (Wildman–Crippen MR) is 100.0 cm³/mol. The van der Waals surface area contributed by atoms with Crippen LogP contribution in [0.5, 0.6) is 0 Å². The van der Waals surface area contributed by atoms with Gasteiger partial charge >= 0.3 is 6.03 Å². The Hall–Kier alpha value is -1.42. The molecular formula is C19H28ClN3O. The van der Waals surface area contributed by atoms with Crippen LogP contribution in [0.15, 0.2) is 18.2 Å². The van der Waals surface area contributed by atoms with Crippen LogP contribution >= 0.6 is 11.6 Å². The lowest BCUT2D eigenvalue weighted by Crippen LogP contribution is -2.53. The first-order valence-corrected chi connectivity index (χ1v) is 9.58. The minimum Gasteiger partial charge on any atom is -0.368 e. The SMILES string of the molecule is Cc1ccc(Cl)cc1N1CCN(C(=O)NC2CCCCCC2)CC1. The summed E-state index contributed by atoms with van der Waals surface area (Å²) in [6.07, 6.45) is 7.37. The molecule has 5 heteroatoms. The smallest absolute Gasteiger partial charge is 0.317 e. The maximum absolute atomic E-state index is 12.5. The summed E-state index contributed by atoms with van der Waals surface area (Å²) in [6, 6.07) is 6.50. The van der Waals surface area contributed by atoms with Crippen molar-refractivity contribution in [3.63, 3.8) is 0 Å². The molecule has 1 aromatic carbocycles. The van der Waals surface area contributed by atoms with Gasteiger partial charge in [-0.05, 0) is 37.5 Å². The number of nitrogens with one attached hydrogen (secondary N) is 1. The Morgan fingerprint density at radius 2 is 1.75 bits per heavy atom. The third-order valence-electron chi connectivity index (χ3n) is 5.26. The molecule has 1 heterocycles. The van der Waals surface area contributed by atoms with Gasteiger partial charge in [0.25, 0.3) is 0 Å². The second-order valence-corrected chi connectivity index (χ2v) is 7.48. The lowest BCUT2D eigenvalue weighted by Gasteiger charge is -2.37. The van der Waals surface area contributed by atoms with Gasteiger partial charge in [0.15, 0.2) is 0 Å². The summed E-state index contributed by atoms with van der Waals surface area (Å²) >= 11 is 6.14. The molecule has 1 aliphatic carbocycles. The van der Waals surface area contributed by atoms with Crippen molar-refractivity contribution < 1.29 is 4.79 Å². The molecule has 24 heavy (non-hydrogen) atoms. The number of aryl methyl sites for hydroxylation is 1. The van der Waals surface area contributed by atoms with Crippen LogP contribution < -0.4 is 10.2 Å². The Morgan fingerprint density at radius 1 is 1.08 bits per heavy atom. The van der Waals surface area contributed by atoms with Crippen LogP contribution in [0.25, 0.3) is 0 Å². The molecule has 1 N–H and O–H groups in total. The number of carbonyl (C=O) groups excluding carboxylic acids is 1. The van der Waals surface area contributed by atoms with E-state index in [1.54, 1.807) is 0 Å². The minimum atomic E-state index is 0.115. The Labute approximate surface area is 150 Å². The summed E-state index contributed by atoms with van der Waals surface area (Å²) in [5.41, 5.74) is 2.42. The molecule has 3 rings (SSSR count). The van der Waals surface area contributed by atoms with Crippen molar-refractivity contribution in [2.75, 3.05) is 31.1 Å². The fraction of sp³-hybridized carbons (Fsp3) is 0.632. The molecule has 1 saturated heterocycles. The van der Waals surface area contributed by atoms with Gasteiger partial charge in [0, 0.05) is 42.9 Å². The zero-order valence-electron chi connectivity index (χ0n) is 14.6. The molecular weight excluding hydrogens is 322 g/mol. The first kappa shape index (κ1) is 17.4. The van der Waals surface area contributed by atoms with E-state index in [9.17, 15) is 4.79 Å². The van der Waals surface area contributed by atoms with Crippen molar-refractivity contribution in [2.45, 2.75) is 51.5 Å². The molecule has 2 aliphatic rings. The highest BCUT2D eigenvalue weighted by Gasteiger charge is 2.24. The number of halogens is 1. The van der Waals surface area contributed by atoms with Crippen LogP contribution in [0.4, 0.5) is 10.5 Å². The molecule has 4 nitrogen and oxygen atoms in total. The first-order valence-electron chi connectivity index (χ1n) is 9.20. The fourth-order valence-corrected chi connectivity index (χ4v) is 3.93. The number of hydrogen-bond acceptors (Lipinski definition) is 2. The standard InChI is InChI=1S/C19H28ClN3O/c1-15-8-9-16(20)14-18(15)22-10-12-23(13-11-22)19(24)21-17-6-4-2-3-5-7-17/h8-9,14,17H,2-7,10-13H2,1H3,(H,21,24). The summed E-state index contributed by atoms with van der Waals surface area (Å²) in [6.45, 7) is 5.37. The fourth-order valence-electron chi connectivity index (χ4n) is 3.76. The number of rotatable bonds is 2. The van der Waals surface area contributed by atoms with Crippen molar-refractivity contribution in [2.24, 2.45) is 0 Å². The van der Waals surface area contributed by atoms with Gasteiger partial charge in [0.05, 0.1) is 0 Å². The third kappa shape index (κ3) is 4.35. The Bertz CT molecular complexity index is 562. The van der Waals surface area contributed by atoms with Gasteiger partial charge in [0.1, 0.15) is 0 Å². The number of urea groups is 1. The molecule has 0 unspecified atom stereocenters. The van der Waals surface area contributed by atoms with Gasteiger partial charge in [-0.2, -0.15) is 0 Å². The van der Waals surface area contributed by atoms with Crippen molar-refractivity contribution in [3.05, 3.63) is 28.8 Å². The average Bonchev–Trinajstić information content (AvgIpc) is 2.86. The number of anilines is 1. The lowest BCUT2D eigenvalue weighted by atomic mass is 10.1. The molecule has 1 aromatic rings. The molecule has 0 bridgehead atoms. The van der Waals surface area contributed by atoms with Crippen molar-refractivity contribution in [1.29, 1.82) is 0 Å². The van der Waals surface area contributed by atoms with Crippen LogP contribution in [0.1, 0.15) is 44.1 Å². The van der Waals surface area contributed by atoms with E-state index in [1.807, 2.05) is 17.0 Å². The van der Waals surface area contributed by atoms with E-state index in [0.29, 0.717) is 6.04 Å². The monoisotopic (exact) mass is 349 g/mol. The highest BCUT2D eigenvalue weighted by Crippen LogP contribution is 2.25. The molecule has 0 aromatic heterocycles. The summed E-state index contributed by atoms with van der Waals surface area (Å²) in [4.78, 5) is 16.8. The van der Waals surface area contributed by atoms with Gasteiger partial charge in [-0.3, -0.25) is 0 Å². The first-order chi connectivity index (χ1) is 11.6. The predicted octanol–water partition coefficient (Wildman–Crippen LogP) is 4.20. The van der Waals surface area contributed by atoms with E-state index < -0.39 is 0 Å². The van der Waals surface area contributed by atoms with Gasteiger partial charge in [-0.15, -0.1) is 0 Å². The van der Waals surface area contributed by atoms with Crippen LogP contribution in [0, 0.1) is 6.92 Å². The molecule has 1 saturated carbocycles. The van der Waals surface area contributed by atoms with Gasteiger partial charge in [-0.1, -0.05) is 43.4 Å². The number of benzene rings is 1. The van der Waals surface area contributed by atoms with Gasteiger partial charge < -0.3 is 15.1 Å².